The summed E-state index contributed by atoms with van der Waals surface area (Å²) >= 11 is 0. The van der Waals surface area contributed by atoms with Gasteiger partial charge in [0.05, 0.1) is 6.10 Å². The first-order valence-electron chi connectivity index (χ1n) is 5.40. The number of hydrogen-bond donors (Lipinski definition) is 4. The van der Waals surface area contributed by atoms with Gasteiger partial charge in [-0.05, 0) is 41.6 Å². The maximum Gasteiger partial charge on any atom is 0.158 e. The second kappa shape index (κ2) is 4.61. The van der Waals surface area contributed by atoms with Crippen LogP contribution in [0.2, 0.25) is 0 Å². The number of nitrogens with one attached hydrogen (secondary N) is 1. The van der Waals surface area contributed by atoms with Crippen LogP contribution < -0.4 is 5.32 Å². The zero-order valence-electron chi connectivity index (χ0n) is 9.51. The fourth-order valence-electron chi connectivity index (χ4n) is 1.81. The van der Waals surface area contributed by atoms with Crippen molar-refractivity contribution in [1.82, 2.24) is 5.32 Å². The Hall–Kier alpha value is -1.78. The molecule has 1 atom stereocenters. The average molecular weight is 233 g/mol. The number of aromatic hydroxyl groups is 2. The van der Waals surface area contributed by atoms with Crippen molar-refractivity contribution in [2.24, 2.45) is 0 Å². The molecule has 1 unspecified atom stereocenters. The molecule has 4 nitrogen and oxygen atoms in total. The van der Waals surface area contributed by atoms with Crippen LogP contribution in [-0.2, 0) is 0 Å². The van der Waals surface area contributed by atoms with E-state index in [0.717, 1.165) is 16.3 Å². The minimum Gasteiger partial charge on any atom is -0.504 e. The standard InChI is InChI=1S/C13H15NO3/c1-14-7-13(17)9-3-2-8-5-11(15)12(16)6-10(8)4-9/h2-6,13-17H,7H2,1H3. The van der Waals surface area contributed by atoms with Gasteiger partial charge < -0.3 is 20.6 Å². The Morgan fingerprint density at radius 3 is 2.35 bits per heavy atom. The number of rotatable bonds is 3. The van der Waals surface area contributed by atoms with Crippen LogP contribution in [0.25, 0.3) is 10.8 Å². The first-order chi connectivity index (χ1) is 8.11. The summed E-state index contributed by atoms with van der Waals surface area (Å²) in [6, 6.07) is 8.40. The predicted octanol–water partition coefficient (Wildman–Crippen LogP) is 1.50. The van der Waals surface area contributed by atoms with Crippen molar-refractivity contribution in [3.8, 4) is 11.5 Å². The summed E-state index contributed by atoms with van der Waals surface area (Å²) in [4.78, 5) is 0. The van der Waals surface area contributed by atoms with Crippen LogP contribution in [0.5, 0.6) is 11.5 Å². The van der Waals surface area contributed by atoms with E-state index >= 15 is 0 Å². The molecule has 0 radical (unpaired) electrons. The monoisotopic (exact) mass is 233 g/mol. The van der Waals surface area contributed by atoms with Gasteiger partial charge in [-0.3, -0.25) is 0 Å². The summed E-state index contributed by atoms with van der Waals surface area (Å²) in [6.45, 7) is 0.468. The van der Waals surface area contributed by atoms with Gasteiger partial charge in [0, 0.05) is 6.54 Å². The number of phenols is 2. The molecule has 4 N–H and O–H groups in total. The largest absolute Gasteiger partial charge is 0.504 e. The number of phenolic OH excluding ortho intramolecular Hbond substituents is 2. The van der Waals surface area contributed by atoms with Crippen molar-refractivity contribution in [1.29, 1.82) is 0 Å². The number of fused-ring (bicyclic) bond motifs is 1. The highest BCUT2D eigenvalue weighted by molar-refractivity contribution is 5.86. The molecule has 0 amide bonds. The highest BCUT2D eigenvalue weighted by Crippen LogP contribution is 2.31. The van der Waals surface area contributed by atoms with Crippen LogP contribution in [0.1, 0.15) is 11.7 Å². The van der Waals surface area contributed by atoms with E-state index in [1.807, 2.05) is 6.07 Å². The van der Waals surface area contributed by atoms with E-state index in [-0.39, 0.29) is 11.5 Å². The molecule has 0 bridgehead atoms. The van der Waals surface area contributed by atoms with E-state index < -0.39 is 6.10 Å². The fourth-order valence-corrected chi connectivity index (χ4v) is 1.81. The molecular weight excluding hydrogens is 218 g/mol. The predicted molar refractivity (Wildman–Crippen MR) is 66.2 cm³/mol. The molecule has 0 saturated heterocycles. The van der Waals surface area contributed by atoms with Gasteiger partial charge in [-0.1, -0.05) is 12.1 Å². The van der Waals surface area contributed by atoms with Crippen LogP contribution in [0.15, 0.2) is 30.3 Å². The lowest BCUT2D eigenvalue weighted by atomic mass is 10.0. The lowest BCUT2D eigenvalue weighted by Gasteiger charge is -2.11. The molecule has 0 saturated carbocycles. The number of likely N-dealkylation sites (N-methyl/N-ethyl adjacent to an activating group) is 1. The lowest BCUT2D eigenvalue weighted by molar-refractivity contribution is 0.178. The Bertz CT molecular complexity index is 539. The SMILES string of the molecule is CNCC(O)c1ccc2cc(O)c(O)cc2c1. The second-order valence-electron chi connectivity index (χ2n) is 4.02. The van der Waals surface area contributed by atoms with E-state index in [4.69, 9.17) is 0 Å². The Morgan fingerprint density at radius 1 is 1.06 bits per heavy atom. The zero-order valence-corrected chi connectivity index (χ0v) is 9.51. The summed E-state index contributed by atoms with van der Waals surface area (Å²) in [6.07, 6.45) is -0.583. The third kappa shape index (κ3) is 2.33. The average Bonchev–Trinajstić information content (AvgIpc) is 2.30. The van der Waals surface area contributed by atoms with E-state index in [9.17, 15) is 15.3 Å². The third-order valence-electron chi connectivity index (χ3n) is 2.74. The van der Waals surface area contributed by atoms with Gasteiger partial charge in [0.15, 0.2) is 11.5 Å². The highest BCUT2D eigenvalue weighted by Gasteiger charge is 2.08. The first kappa shape index (κ1) is 11.7. The molecule has 4 heteroatoms. The Morgan fingerprint density at radius 2 is 1.71 bits per heavy atom. The van der Waals surface area contributed by atoms with Crippen LogP contribution in [-0.4, -0.2) is 28.9 Å². The quantitative estimate of drug-likeness (QED) is 0.606. The normalized spacial score (nSPS) is 12.8. The smallest absolute Gasteiger partial charge is 0.158 e. The minimum absolute atomic E-state index is 0.138. The molecule has 0 aliphatic heterocycles. The van der Waals surface area contributed by atoms with E-state index in [1.165, 1.54) is 12.1 Å². The molecular formula is C13H15NO3. The van der Waals surface area contributed by atoms with Crippen molar-refractivity contribution >= 4 is 10.8 Å². The number of benzene rings is 2. The third-order valence-corrected chi connectivity index (χ3v) is 2.74. The zero-order chi connectivity index (χ0) is 12.4. The van der Waals surface area contributed by atoms with Gasteiger partial charge in [0.25, 0.3) is 0 Å². The molecule has 0 aliphatic rings. The summed E-state index contributed by atoms with van der Waals surface area (Å²) in [5, 5.41) is 33.1. The highest BCUT2D eigenvalue weighted by atomic mass is 16.3. The lowest BCUT2D eigenvalue weighted by Crippen LogP contribution is -2.16. The molecule has 2 rings (SSSR count). The molecule has 2 aromatic carbocycles. The van der Waals surface area contributed by atoms with Crippen molar-refractivity contribution in [2.45, 2.75) is 6.10 Å². The minimum atomic E-state index is -0.583. The second-order valence-corrected chi connectivity index (χ2v) is 4.02. The van der Waals surface area contributed by atoms with Gasteiger partial charge >= 0.3 is 0 Å². The van der Waals surface area contributed by atoms with Crippen LogP contribution in [0, 0.1) is 0 Å². The molecule has 0 aromatic heterocycles. The maximum absolute atomic E-state index is 9.83. The van der Waals surface area contributed by atoms with Crippen LogP contribution in [0.4, 0.5) is 0 Å². The molecule has 0 aliphatic carbocycles. The van der Waals surface area contributed by atoms with Crippen LogP contribution in [0.3, 0.4) is 0 Å². The van der Waals surface area contributed by atoms with Gasteiger partial charge in [0.2, 0.25) is 0 Å². The molecule has 0 spiro atoms. The maximum atomic E-state index is 9.83. The number of hydrogen-bond acceptors (Lipinski definition) is 4. The van der Waals surface area contributed by atoms with Gasteiger partial charge in [-0.25, -0.2) is 0 Å². The molecule has 2 aromatic rings. The summed E-state index contributed by atoms with van der Waals surface area (Å²) in [5.41, 5.74) is 0.775. The van der Waals surface area contributed by atoms with E-state index in [2.05, 4.69) is 5.32 Å². The molecule has 0 fully saturated rings. The number of aliphatic hydroxyl groups is 1. The van der Waals surface area contributed by atoms with E-state index in [1.54, 1.807) is 19.2 Å². The van der Waals surface area contributed by atoms with Crippen molar-refractivity contribution < 1.29 is 15.3 Å². The van der Waals surface area contributed by atoms with Gasteiger partial charge in [-0.2, -0.15) is 0 Å². The van der Waals surface area contributed by atoms with Gasteiger partial charge in [0.1, 0.15) is 0 Å². The van der Waals surface area contributed by atoms with E-state index in [0.29, 0.717) is 6.54 Å². The summed E-state index contributed by atoms with van der Waals surface area (Å²) in [7, 11) is 1.77. The van der Waals surface area contributed by atoms with Gasteiger partial charge in [-0.15, -0.1) is 0 Å². The topological polar surface area (TPSA) is 72.7 Å². The van der Waals surface area contributed by atoms with Crippen LogP contribution >= 0.6 is 0 Å². The number of aliphatic hydroxyl groups excluding tert-OH is 1. The molecule has 0 heterocycles. The Balaban J connectivity index is 2.46. The Labute approximate surface area is 99.1 Å². The molecule has 17 heavy (non-hydrogen) atoms. The van der Waals surface area contributed by atoms with Crippen molar-refractivity contribution in [3.63, 3.8) is 0 Å². The van der Waals surface area contributed by atoms with Crippen molar-refractivity contribution in [3.05, 3.63) is 35.9 Å². The molecule has 90 valence electrons. The van der Waals surface area contributed by atoms with Crippen molar-refractivity contribution in [2.75, 3.05) is 13.6 Å². The summed E-state index contributed by atoms with van der Waals surface area (Å²) in [5.74, 6) is -0.293. The fraction of sp³-hybridized carbons (Fsp3) is 0.231. The first-order valence-corrected chi connectivity index (χ1v) is 5.40. The Kier molecular flexibility index (Phi) is 3.17. The summed E-state index contributed by atoms with van der Waals surface area (Å²) < 4.78 is 0.